The zero-order chi connectivity index (χ0) is 17.5. The average Bonchev–Trinajstić information content (AvgIpc) is 3.01. The maximum absolute atomic E-state index is 11.9. The van der Waals surface area contributed by atoms with E-state index in [-0.39, 0.29) is 5.57 Å². The predicted molar refractivity (Wildman–Crippen MR) is 93.2 cm³/mol. The predicted octanol–water partition coefficient (Wildman–Crippen LogP) is 5.10. The van der Waals surface area contributed by atoms with Crippen molar-refractivity contribution >= 4 is 23.6 Å². The van der Waals surface area contributed by atoms with Gasteiger partial charge in [-0.2, -0.15) is 5.26 Å². The Labute approximate surface area is 146 Å². The van der Waals surface area contributed by atoms with Crippen molar-refractivity contribution in [2.75, 3.05) is 6.61 Å². The van der Waals surface area contributed by atoms with Crippen molar-refractivity contribution in [2.24, 2.45) is 5.92 Å². The van der Waals surface area contributed by atoms with E-state index < -0.39 is 5.97 Å². The van der Waals surface area contributed by atoms with Crippen LogP contribution in [0.2, 0.25) is 5.02 Å². The van der Waals surface area contributed by atoms with E-state index in [0.29, 0.717) is 29.1 Å². The summed E-state index contributed by atoms with van der Waals surface area (Å²) in [5.41, 5.74) is 0.771. The molecule has 0 bridgehead atoms. The number of rotatable bonds is 6. The van der Waals surface area contributed by atoms with Gasteiger partial charge in [-0.1, -0.05) is 25.4 Å². The molecule has 5 heteroatoms. The molecule has 0 fully saturated rings. The first-order valence-electron chi connectivity index (χ1n) is 7.64. The summed E-state index contributed by atoms with van der Waals surface area (Å²) in [6, 6.07) is 12.5. The molecule has 4 nitrogen and oxygen atoms in total. The minimum Gasteiger partial charge on any atom is -0.462 e. The summed E-state index contributed by atoms with van der Waals surface area (Å²) in [7, 11) is 0. The molecular formula is C19H18ClNO3. The molecule has 0 N–H and O–H groups in total. The lowest BCUT2D eigenvalue weighted by molar-refractivity contribution is -0.138. The van der Waals surface area contributed by atoms with Crippen LogP contribution in [0.15, 0.2) is 46.4 Å². The lowest BCUT2D eigenvalue weighted by atomic mass is 10.1. The Balaban J connectivity index is 2.10. The van der Waals surface area contributed by atoms with E-state index in [1.165, 1.54) is 6.08 Å². The Morgan fingerprint density at radius 3 is 2.62 bits per heavy atom. The summed E-state index contributed by atoms with van der Waals surface area (Å²) in [4.78, 5) is 11.9. The van der Waals surface area contributed by atoms with Gasteiger partial charge in [0.05, 0.1) is 6.61 Å². The number of furan rings is 1. The summed E-state index contributed by atoms with van der Waals surface area (Å²) in [6.45, 7) is 4.37. The van der Waals surface area contributed by atoms with Gasteiger partial charge in [-0.25, -0.2) is 4.79 Å². The number of nitrogens with zero attached hydrogens (tertiary/aromatic N) is 1. The molecule has 1 aromatic heterocycles. The minimum atomic E-state index is -0.636. The smallest absolute Gasteiger partial charge is 0.349 e. The van der Waals surface area contributed by atoms with Gasteiger partial charge in [0.2, 0.25) is 0 Å². The highest BCUT2D eigenvalue weighted by Crippen LogP contribution is 2.25. The van der Waals surface area contributed by atoms with Crippen LogP contribution in [0, 0.1) is 17.2 Å². The number of carbonyl (C=O) groups excluding carboxylic acids is 1. The largest absolute Gasteiger partial charge is 0.462 e. The molecule has 0 unspecified atom stereocenters. The van der Waals surface area contributed by atoms with E-state index in [1.807, 2.05) is 32.0 Å². The van der Waals surface area contributed by atoms with Gasteiger partial charge in [0.1, 0.15) is 23.2 Å². The van der Waals surface area contributed by atoms with E-state index >= 15 is 0 Å². The van der Waals surface area contributed by atoms with Gasteiger partial charge in [-0.05, 0) is 48.7 Å². The number of hydrogen-bond donors (Lipinski definition) is 0. The van der Waals surface area contributed by atoms with Crippen LogP contribution in [0.5, 0.6) is 0 Å². The third-order valence-corrected chi connectivity index (χ3v) is 3.56. The molecule has 0 aliphatic carbocycles. The Hall–Kier alpha value is -2.51. The van der Waals surface area contributed by atoms with Gasteiger partial charge in [-0.3, -0.25) is 0 Å². The zero-order valence-electron chi connectivity index (χ0n) is 13.6. The maximum atomic E-state index is 11.9. The van der Waals surface area contributed by atoms with Crippen LogP contribution in [0.3, 0.4) is 0 Å². The molecule has 0 saturated carbocycles. The van der Waals surface area contributed by atoms with Crippen molar-refractivity contribution in [3.63, 3.8) is 0 Å². The summed E-state index contributed by atoms with van der Waals surface area (Å²) in [6.07, 6.45) is 2.14. The van der Waals surface area contributed by atoms with Gasteiger partial charge in [0.25, 0.3) is 0 Å². The van der Waals surface area contributed by atoms with Gasteiger partial charge >= 0.3 is 5.97 Å². The molecule has 0 aliphatic rings. The topological polar surface area (TPSA) is 63.2 Å². The molecule has 0 spiro atoms. The number of ether oxygens (including phenoxy) is 1. The quantitative estimate of drug-likeness (QED) is 0.416. The Kier molecular flexibility index (Phi) is 6.22. The molecule has 0 atom stereocenters. The lowest BCUT2D eigenvalue weighted by Crippen LogP contribution is -2.09. The van der Waals surface area contributed by atoms with E-state index in [0.717, 1.165) is 12.0 Å². The standard InChI is InChI=1S/C19H18ClNO3/c1-13(2)9-10-23-19(22)15(12-21)11-17-7-8-18(24-17)14-3-5-16(20)6-4-14/h3-8,11,13H,9-10H2,1-2H3/b15-11-. The molecule has 0 saturated heterocycles. The fraction of sp³-hybridized carbons (Fsp3) is 0.263. The molecule has 1 aromatic carbocycles. The van der Waals surface area contributed by atoms with E-state index in [1.54, 1.807) is 24.3 Å². The number of carbonyl (C=O) groups is 1. The molecule has 0 amide bonds. The molecule has 24 heavy (non-hydrogen) atoms. The number of hydrogen-bond acceptors (Lipinski definition) is 4. The average molecular weight is 344 g/mol. The second-order valence-electron chi connectivity index (χ2n) is 5.70. The van der Waals surface area contributed by atoms with Crippen molar-refractivity contribution in [2.45, 2.75) is 20.3 Å². The van der Waals surface area contributed by atoms with Gasteiger partial charge in [0.15, 0.2) is 0 Å². The van der Waals surface area contributed by atoms with Crippen LogP contribution in [-0.2, 0) is 9.53 Å². The third kappa shape index (κ3) is 5.00. The molecular weight excluding hydrogens is 326 g/mol. The SMILES string of the molecule is CC(C)CCOC(=O)/C(C#N)=C\c1ccc(-c2ccc(Cl)cc2)o1. The van der Waals surface area contributed by atoms with Gasteiger partial charge < -0.3 is 9.15 Å². The van der Waals surface area contributed by atoms with Crippen molar-refractivity contribution in [3.8, 4) is 17.4 Å². The van der Waals surface area contributed by atoms with Crippen molar-refractivity contribution in [1.82, 2.24) is 0 Å². The van der Waals surface area contributed by atoms with Crippen molar-refractivity contribution < 1.29 is 13.9 Å². The van der Waals surface area contributed by atoms with Crippen LogP contribution in [0.25, 0.3) is 17.4 Å². The van der Waals surface area contributed by atoms with E-state index in [2.05, 4.69) is 0 Å². The maximum Gasteiger partial charge on any atom is 0.349 e. The molecule has 2 aromatic rings. The molecule has 1 heterocycles. The third-order valence-electron chi connectivity index (χ3n) is 3.31. The van der Waals surface area contributed by atoms with Crippen molar-refractivity contribution in [1.29, 1.82) is 5.26 Å². The first-order chi connectivity index (χ1) is 11.5. The summed E-state index contributed by atoms with van der Waals surface area (Å²) in [5.74, 6) is 0.836. The van der Waals surface area contributed by atoms with Crippen LogP contribution >= 0.6 is 11.6 Å². The summed E-state index contributed by atoms with van der Waals surface area (Å²) in [5, 5.41) is 9.79. The van der Waals surface area contributed by atoms with Crippen LogP contribution in [0.4, 0.5) is 0 Å². The highest BCUT2D eigenvalue weighted by molar-refractivity contribution is 6.30. The number of benzene rings is 1. The van der Waals surface area contributed by atoms with Gasteiger partial charge in [0, 0.05) is 16.7 Å². The second kappa shape index (κ2) is 8.37. The number of esters is 1. The number of halogens is 1. The van der Waals surface area contributed by atoms with Crippen molar-refractivity contribution in [3.05, 3.63) is 52.8 Å². The summed E-state index contributed by atoms with van der Waals surface area (Å²) < 4.78 is 10.8. The molecule has 2 rings (SSSR count). The van der Waals surface area contributed by atoms with Crippen LogP contribution in [0.1, 0.15) is 26.0 Å². The first kappa shape index (κ1) is 17.8. The lowest BCUT2D eigenvalue weighted by Gasteiger charge is -2.05. The molecule has 0 aliphatic heterocycles. The Morgan fingerprint density at radius 1 is 1.29 bits per heavy atom. The highest BCUT2D eigenvalue weighted by atomic mass is 35.5. The number of nitriles is 1. The van der Waals surface area contributed by atoms with E-state index in [9.17, 15) is 4.79 Å². The van der Waals surface area contributed by atoms with Crippen LogP contribution in [-0.4, -0.2) is 12.6 Å². The second-order valence-corrected chi connectivity index (χ2v) is 6.13. The summed E-state index contributed by atoms with van der Waals surface area (Å²) >= 11 is 5.86. The first-order valence-corrected chi connectivity index (χ1v) is 8.02. The van der Waals surface area contributed by atoms with E-state index in [4.69, 9.17) is 26.0 Å². The minimum absolute atomic E-state index is 0.0873. The normalized spacial score (nSPS) is 11.4. The fourth-order valence-electron chi connectivity index (χ4n) is 1.94. The Morgan fingerprint density at radius 2 is 2.00 bits per heavy atom. The van der Waals surface area contributed by atoms with Crippen LogP contribution < -0.4 is 0 Å². The molecule has 124 valence electrons. The zero-order valence-corrected chi connectivity index (χ0v) is 14.3. The Bertz CT molecular complexity index is 767. The monoisotopic (exact) mass is 343 g/mol. The fourth-order valence-corrected chi connectivity index (χ4v) is 2.07. The highest BCUT2D eigenvalue weighted by Gasteiger charge is 2.12. The van der Waals surface area contributed by atoms with Gasteiger partial charge in [-0.15, -0.1) is 0 Å². The molecule has 0 radical (unpaired) electrons.